The van der Waals surface area contributed by atoms with E-state index in [2.05, 4.69) is 35.2 Å². The second-order valence-electron chi connectivity index (χ2n) is 6.82. The lowest BCUT2D eigenvalue weighted by molar-refractivity contribution is 0.193. The van der Waals surface area contributed by atoms with E-state index in [0.29, 0.717) is 18.0 Å². The average molecular weight is 278 g/mol. The fraction of sp³-hybridized carbons (Fsp3) is 0.812. The van der Waals surface area contributed by atoms with Gasteiger partial charge in [-0.1, -0.05) is 20.8 Å². The zero-order valence-corrected chi connectivity index (χ0v) is 13.3. The summed E-state index contributed by atoms with van der Waals surface area (Å²) in [5, 5.41) is 0. The molecular weight excluding hydrogens is 248 g/mol. The lowest BCUT2D eigenvalue weighted by Gasteiger charge is -2.31. The number of likely N-dealkylation sites (tertiary alicyclic amines) is 1. The summed E-state index contributed by atoms with van der Waals surface area (Å²) in [6.45, 7) is 11.0. The Kier molecular flexibility index (Phi) is 5.22. The number of rotatable bonds is 5. The van der Waals surface area contributed by atoms with Crippen molar-refractivity contribution in [1.82, 2.24) is 14.5 Å². The van der Waals surface area contributed by atoms with E-state index in [1.165, 1.54) is 25.0 Å². The Hall–Kier alpha value is -0.870. The van der Waals surface area contributed by atoms with Crippen LogP contribution in [0.1, 0.15) is 58.2 Å². The molecule has 0 bridgehead atoms. The van der Waals surface area contributed by atoms with E-state index in [4.69, 9.17) is 5.73 Å². The molecule has 1 saturated heterocycles. The van der Waals surface area contributed by atoms with Crippen molar-refractivity contribution in [3.63, 3.8) is 0 Å². The summed E-state index contributed by atoms with van der Waals surface area (Å²) in [5.74, 6) is 0. The Morgan fingerprint density at radius 3 is 2.85 bits per heavy atom. The summed E-state index contributed by atoms with van der Waals surface area (Å²) in [6.07, 6.45) is 8.92. The van der Waals surface area contributed by atoms with Gasteiger partial charge in [0.1, 0.15) is 0 Å². The molecule has 0 amide bonds. The summed E-state index contributed by atoms with van der Waals surface area (Å²) in [5.41, 5.74) is 7.85. The minimum absolute atomic E-state index is 0.318. The van der Waals surface area contributed by atoms with Crippen LogP contribution in [0.25, 0.3) is 0 Å². The Morgan fingerprint density at radius 2 is 2.15 bits per heavy atom. The normalized spacial score (nSPS) is 21.6. The van der Waals surface area contributed by atoms with Gasteiger partial charge in [0, 0.05) is 19.3 Å². The summed E-state index contributed by atoms with van der Waals surface area (Å²) in [7, 11) is 0. The predicted octanol–water partition coefficient (Wildman–Crippen LogP) is 2.81. The molecule has 0 radical (unpaired) electrons. The molecule has 0 aromatic carbocycles. The third kappa shape index (κ3) is 3.61. The number of hydrogen-bond acceptors (Lipinski definition) is 3. The van der Waals surface area contributed by atoms with Crippen LogP contribution in [0, 0.1) is 5.41 Å². The molecule has 20 heavy (non-hydrogen) atoms. The van der Waals surface area contributed by atoms with Gasteiger partial charge in [-0.05, 0) is 44.2 Å². The number of nitrogens with zero attached hydrogens (tertiary/aromatic N) is 3. The number of imidazole rings is 1. The zero-order chi connectivity index (χ0) is 14.6. The number of hydrogen-bond donors (Lipinski definition) is 1. The molecule has 4 nitrogen and oxygen atoms in total. The molecule has 4 heteroatoms. The maximum atomic E-state index is 6.10. The standard InChI is InChI=1S/C16H30N4/c1-4-8-20-13-18-12-15(20)14(11-17)19-9-5-6-16(2,3)7-10-19/h12-14H,4-11,17H2,1-3H3. The molecule has 1 atom stereocenters. The fourth-order valence-electron chi connectivity index (χ4n) is 3.25. The topological polar surface area (TPSA) is 47.1 Å². The molecule has 2 N–H and O–H groups in total. The van der Waals surface area contributed by atoms with Crippen molar-refractivity contribution < 1.29 is 0 Å². The monoisotopic (exact) mass is 278 g/mol. The first-order valence-corrected chi connectivity index (χ1v) is 8.01. The quantitative estimate of drug-likeness (QED) is 0.901. The van der Waals surface area contributed by atoms with E-state index in [0.717, 1.165) is 26.1 Å². The van der Waals surface area contributed by atoms with Gasteiger partial charge in [0.15, 0.2) is 0 Å². The van der Waals surface area contributed by atoms with Gasteiger partial charge >= 0.3 is 0 Å². The summed E-state index contributed by atoms with van der Waals surface area (Å²) >= 11 is 0. The van der Waals surface area contributed by atoms with Gasteiger partial charge in [0.2, 0.25) is 0 Å². The van der Waals surface area contributed by atoms with Crippen LogP contribution >= 0.6 is 0 Å². The van der Waals surface area contributed by atoms with Crippen LogP contribution in [0.4, 0.5) is 0 Å². The highest BCUT2D eigenvalue weighted by atomic mass is 15.2. The van der Waals surface area contributed by atoms with Crippen molar-refractivity contribution in [3.8, 4) is 0 Å². The van der Waals surface area contributed by atoms with E-state index >= 15 is 0 Å². The first-order valence-electron chi connectivity index (χ1n) is 8.01. The van der Waals surface area contributed by atoms with Crippen LogP contribution in [0.5, 0.6) is 0 Å². The van der Waals surface area contributed by atoms with Gasteiger partial charge in [0.05, 0.1) is 18.1 Å². The second-order valence-corrected chi connectivity index (χ2v) is 6.82. The molecule has 1 fully saturated rings. The molecule has 0 spiro atoms. The second kappa shape index (κ2) is 6.72. The molecule has 1 aromatic rings. The van der Waals surface area contributed by atoms with Crippen LogP contribution in [0.2, 0.25) is 0 Å². The smallest absolute Gasteiger partial charge is 0.0948 e. The zero-order valence-electron chi connectivity index (χ0n) is 13.3. The number of aromatic nitrogens is 2. The van der Waals surface area contributed by atoms with Crippen molar-refractivity contribution in [1.29, 1.82) is 0 Å². The molecule has 2 rings (SSSR count). The highest BCUT2D eigenvalue weighted by Crippen LogP contribution is 2.32. The lowest BCUT2D eigenvalue weighted by atomic mass is 9.85. The van der Waals surface area contributed by atoms with Crippen LogP contribution in [-0.4, -0.2) is 34.1 Å². The van der Waals surface area contributed by atoms with Crippen LogP contribution in [-0.2, 0) is 6.54 Å². The first kappa shape index (κ1) is 15.5. The SMILES string of the molecule is CCCn1cncc1C(CN)N1CCCC(C)(C)CC1. The molecule has 0 saturated carbocycles. The lowest BCUT2D eigenvalue weighted by Crippen LogP contribution is -2.36. The summed E-state index contributed by atoms with van der Waals surface area (Å²) < 4.78 is 2.27. The van der Waals surface area contributed by atoms with Crippen molar-refractivity contribution in [2.24, 2.45) is 11.1 Å². The summed E-state index contributed by atoms with van der Waals surface area (Å²) in [4.78, 5) is 6.90. The first-order chi connectivity index (χ1) is 9.57. The van der Waals surface area contributed by atoms with Gasteiger partial charge in [0.25, 0.3) is 0 Å². The number of aryl methyl sites for hydroxylation is 1. The highest BCUT2D eigenvalue weighted by Gasteiger charge is 2.28. The van der Waals surface area contributed by atoms with E-state index in [-0.39, 0.29) is 0 Å². The molecule has 1 aromatic heterocycles. The Morgan fingerprint density at radius 1 is 1.35 bits per heavy atom. The minimum atomic E-state index is 0.318. The maximum Gasteiger partial charge on any atom is 0.0948 e. The van der Waals surface area contributed by atoms with Gasteiger partial charge in [-0.2, -0.15) is 0 Å². The minimum Gasteiger partial charge on any atom is -0.333 e. The van der Waals surface area contributed by atoms with E-state index in [9.17, 15) is 0 Å². The van der Waals surface area contributed by atoms with Crippen molar-refractivity contribution >= 4 is 0 Å². The largest absolute Gasteiger partial charge is 0.333 e. The Bertz CT molecular complexity index is 410. The molecule has 114 valence electrons. The Balaban J connectivity index is 2.13. The van der Waals surface area contributed by atoms with Crippen molar-refractivity contribution in [2.45, 2.75) is 59.0 Å². The maximum absolute atomic E-state index is 6.10. The molecule has 1 aliphatic heterocycles. The third-order valence-corrected chi connectivity index (χ3v) is 4.59. The van der Waals surface area contributed by atoms with E-state index in [1.54, 1.807) is 0 Å². The van der Waals surface area contributed by atoms with Gasteiger partial charge in [-0.3, -0.25) is 4.90 Å². The van der Waals surface area contributed by atoms with Crippen LogP contribution in [0.15, 0.2) is 12.5 Å². The third-order valence-electron chi connectivity index (χ3n) is 4.59. The summed E-state index contributed by atoms with van der Waals surface area (Å²) in [6, 6.07) is 0.318. The molecule has 2 heterocycles. The fourth-order valence-corrected chi connectivity index (χ4v) is 3.25. The van der Waals surface area contributed by atoms with E-state index < -0.39 is 0 Å². The predicted molar refractivity (Wildman–Crippen MR) is 83.5 cm³/mol. The molecule has 0 aliphatic carbocycles. The molecular formula is C16H30N4. The average Bonchev–Trinajstić information content (AvgIpc) is 2.77. The van der Waals surface area contributed by atoms with Crippen molar-refractivity contribution in [3.05, 3.63) is 18.2 Å². The van der Waals surface area contributed by atoms with Gasteiger partial charge in [-0.15, -0.1) is 0 Å². The van der Waals surface area contributed by atoms with Crippen molar-refractivity contribution in [2.75, 3.05) is 19.6 Å². The van der Waals surface area contributed by atoms with Crippen LogP contribution < -0.4 is 5.73 Å². The van der Waals surface area contributed by atoms with E-state index in [1.807, 2.05) is 12.5 Å². The van der Waals surface area contributed by atoms with Crippen LogP contribution in [0.3, 0.4) is 0 Å². The molecule has 1 unspecified atom stereocenters. The van der Waals surface area contributed by atoms with Gasteiger partial charge in [-0.25, -0.2) is 4.98 Å². The molecule has 1 aliphatic rings. The Labute approximate surface area is 123 Å². The highest BCUT2D eigenvalue weighted by molar-refractivity contribution is 5.07. The van der Waals surface area contributed by atoms with Gasteiger partial charge < -0.3 is 10.3 Å². The number of nitrogens with two attached hydrogens (primary N) is 1.